The number of nitrogens with zero attached hydrogens (tertiary/aromatic N) is 4. The van der Waals surface area contributed by atoms with Crippen molar-refractivity contribution in [2.75, 3.05) is 19.3 Å². The fourth-order valence-corrected chi connectivity index (χ4v) is 4.57. The summed E-state index contributed by atoms with van der Waals surface area (Å²) in [7, 11) is -2.35. The van der Waals surface area contributed by atoms with E-state index in [1.165, 1.54) is 20.0 Å². The average Bonchev–Trinajstić information content (AvgIpc) is 2.59. The van der Waals surface area contributed by atoms with Crippen LogP contribution in [0.2, 0.25) is 0 Å². The fourth-order valence-electron chi connectivity index (χ4n) is 2.19. The molecule has 2 atom stereocenters. The number of hydrogen-bond acceptors (Lipinski definition) is 6. The molecule has 8 nitrogen and oxygen atoms in total. The Hall–Kier alpha value is -2.17. The highest BCUT2D eigenvalue weighted by molar-refractivity contribution is 9.10. The summed E-state index contributed by atoms with van der Waals surface area (Å²) in [6.45, 7) is -0.207. The van der Waals surface area contributed by atoms with Gasteiger partial charge in [-0.15, -0.1) is 0 Å². The third kappa shape index (κ3) is 7.19. The molecule has 1 aromatic heterocycles. The zero-order valence-electron chi connectivity index (χ0n) is 15.6. The Labute approximate surface area is 179 Å². The number of pyridine rings is 1. The quantitative estimate of drug-likeness (QED) is 0.437. The standard InChI is InChI=1S/C12H14BrF4N5OS.C2HF3O2/c1-11(9-7(14)3-4-8(13)20-9)6-24(23,19-5-12(15,16)17)22(2)10(18)21-11;3-2(4,5)1(6)7/h3-4H,5-6H2,1-2H3,(H2,18,21);(H,6,7). The Kier molecular flexibility index (Phi) is 7.92. The highest BCUT2D eigenvalue weighted by Crippen LogP contribution is 2.34. The Morgan fingerprint density at radius 3 is 2.32 bits per heavy atom. The number of carbonyl (C=O) groups is 1. The van der Waals surface area contributed by atoms with Gasteiger partial charge in [0.15, 0.2) is 0 Å². The van der Waals surface area contributed by atoms with E-state index >= 15 is 0 Å². The number of rotatable bonds is 2. The monoisotopic (exact) mass is 545 g/mol. The summed E-state index contributed by atoms with van der Waals surface area (Å²) >= 11 is 3.09. The lowest BCUT2D eigenvalue weighted by molar-refractivity contribution is -0.192. The summed E-state index contributed by atoms with van der Waals surface area (Å²) in [5.41, 5.74) is 3.99. The van der Waals surface area contributed by atoms with Crippen LogP contribution in [0, 0.1) is 5.82 Å². The first-order valence-corrected chi connectivity index (χ1v) is 10.2. The molecule has 2 unspecified atom stereocenters. The van der Waals surface area contributed by atoms with Gasteiger partial charge in [0.2, 0.25) is 5.96 Å². The van der Waals surface area contributed by atoms with Crippen LogP contribution in [0.3, 0.4) is 0 Å². The molecular formula is C14H15BrF7N5O3S. The van der Waals surface area contributed by atoms with Crippen LogP contribution in [0.1, 0.15) is 12.6 Å². The molecule has 2 rings (SSSR count). The van der Waals surface area contributed by atoms with Crippen molar-refractivity contribution >= 4 is 37.8 Å². The van der Waals surface area contributed by atoms with E-state index in [0.29, 0.717) is 4.60 Å². The molecule has 0 aromatic carbocycles. The Bertz CT molecular complexity index is 991. The molecule has 0 saturated heterocycles. The van der Waals surface area contributed by atoms with E-state index in [9.17, 15) is 34.9 Å². The molecule has 1 aliphatic heterocycles. The maximum atomic E-state index is 14.1. The molecular weight excluding hydrogens is 531 g/mol. The molecule has 31 heavy (non-hydrogen) atoms. The van der Waals surface area contributed by atoms with Gasteiger partial charge in [-0.1, -0.05) is 0 Å². The predicted octanol–water partition coefficient (Wildman–Crippen LogP) is 3.04. The van der Waals surface area contributed by atoms with Crippen LogP contribution in [0.5, 0.6) is 0 Å². The molecule has 3 N–H and O–H groups in total. The van der Waals surface area contributed by atoms with Gasteiger partial charge in [0.1, 0.15) is 38.1 Å². The molecule has 0 fully saturated rings. The summed E-state index contributed by atoms with van der Waals surface area (Å²) in [4.78, 5) is 17.0. The van der Waals surface area contributed by atoms with Crippen molar-refractivity contribution in [2.45, 2.75) is 24.8 Å². The number of aromatic nitrogens is 1. The molecule has 0 amide bonds. The van der Waals surface area contributed by atoms with Gasteiger partial charge in [-0.25, -0.2) is 27.7 Å². The normalized spacial score (nSPS) is 24.1. The van der Waals surface area contributed by atoms with E-state index in [1.54, 1.807) is 0 Å². The molecule has 176 valence electrons. The number of aliphatic imine (C=N–C) groups is 1. The Morgan fingerprint density at radius 2 is 1.87 bits per heavy atom. The lowest BCUT2D eigenvalue weighted by Gasteiger charge is -2.36. The van der Waals surface area contributed by atoms with Crippen LogP contribution in [-0.2, 0) is 20.2 Å². The van der Waals surface area contributed by atoms with Gasteiger partial charge in [0, 0.05) is 7.05 Å². The fraction of sp³-hybridized carbons (Fsp3) is 0.500. The van der Waals surface area contributed by atoms with Gasteiger partial charge in [0.05, 0.1) is 5.75 Å². The van der Waals surface area contributed by atoms with Gasteiger partial charge in [-0.2, -0.15) is 26.3 Å². The molecule has 0 saturated carbocycles. The highest BCUT2D eigenvalue weighted by Gasteiger charge is 2.42. The van der Waals surface area contributed by atoms with Crippen molar-refractivity contribution in [1.29, 1.82) is 0 Å². The van der Waals surface area contributed by atoms with Crippen molar-refractivity contribution in [3.05, 3.63) is 28.2 Å². The zero-order valence-corrected chi connectivity index (χ0v) is 18.0. The number of nitrogens with two attached hydrogens (primary N) is 1. The number of carboxylic acids is 1. The van der Waals surface area contributed by atoms with Gasteiger partial charge < -0.3 is 10.8 Å². The van der Waals surface area contributed by atoms with Crippen molar-refractivity contribution in [3.8, 4) is 0 Å². The van der Waals surface area contributed by atoms with Crippen LogP contribution in [0.4, 0.5) is 30.7 Å². The van der Waals surface area contributed by atoms with E-state index < -0.39 is 51.9 Å². The summed E-state index contributed by atoms with van der Waals surface area (Å²) in [5, 5.41) is 7.12. The smallest absolute Gasteiger partial charge is 0.475 e. The first-order chi connectivity index (χ1) is 13.8. The van der Waals surface area contributed by atoms with Gasteiger partial charge in [0.25, 0.3) is 0 Å². The van der Waals surface area contributed by atoms with Crippen molar-refractivity contribution in [3.63, 3.8) is 0 Å². The van der Waals surface area contributed by atoms with E-state index in [0.717, 1.165) is 10.4 Å². The van der Waals surface area contributed by atoms with E-state index in [4.69, 9.17) is 15.6 Å². The minimum Gasteiger partial charge on any atom is -0.475 e. The zero-order chi connectivity index (χ0) is 24.4. The third-order valence-corrected chi connectivity index (χ3v) is 6.55. The molecule has 2 heterocycles. The van der Waals surface area contributed by atoms with E-state index in [2.05, 4.69) is 30.3 Å². The molecule has 0 radical (unpaired) electrons. The first kappa shape index (κ1) is 26.9. The highest BCUT2D eigenvalue weighted by atomic mass is 79.9. The van der Waals surface area contributed by atoms with Crippen LogP contribution < -0.4 is 5.73 Å². The lowest BCUT2D eigenvalue weighted by Crippen LogP contribution is -2.51. The molecule has 1 aromatic rings. The number of aliphatic carboxylic acids is 1. The minimum atomic E-state index is -5.08. The minimum absolute atomic E-state index is 0.178. The van der Waals surface area contributed by atoms with E-state index in [-0.39, 0.29) is 11.7 Å². The SMILES string of the molecule is CN1C(N)=NC(C)(c2nc(Br)ccc2F)CS1(=O)=NCC(F)(F)F.O=C(O)C(F)(F)F. The Balaban J connectivity index is 0.000000592. The molecule has 0 spiro atoms. The second kappa shape index (κ2) is 9.13. The maximum absolute atomic E-state index is 14.1. The molecule has 0 aliphatic carbocycles. The lowest BCUT2D eigenvalue weighted by atomic mass is 10.00. The van der Waals surface area contributed by atoms with Gasteiger partial charge in [-0.05, 0) is 35.0 Å². The number of hydrogen-bond donors (Lipinski definition) is 2. The van der Waals surface area contributed by atoms with Gasteiger partial charge in [-0.3, -0.25) is 4.31 Å². The van der Waals surface area contributed by atoms with Crippen LogP contribution in [-0.4, -0.2) is 62.2 Å². The van der Waals surface area contributed by atoms with Crippen molar-refractivity contribution < 1.29 is 44.8 Å². The third-order valence-electron chi connectivity index (χ3n) is 3.59. The maximum Gasteiger partial charge on any atom is 0.490 e. The summed E-state index contributed by atoms with van der Waals surface area (Å²) in [5.74, 6) is -4.28. The second-order valence-electron chi connectivity index (χ2n) is 6.16. The van der Waals surface area contributed by atoms with Crippen LogP contribution in [0.25, 0.3) is 0 Å². The largest absolute Gasteiger partial charge is 0.490 e. The van der Waals surface area contributed by atoms with E-state index in [1.807, 2.05) is 0 Å². The average molecular weight is 546 g/mol. The first-order valence-electron chi connectivity index (χ1n) is 7.80. The summed E-state index contributed by atoms with van der Waals surface area (Å²) < 4.78 is 101. The topological polar surface area (TPSA) is 121 Å². The predicted molar refractivity (Wildman–Crippen MR) is 98.7 cm³/mol. The second-order valence-corrected chi connectivity index (χ2v) is 9.28. The molecule has 1 aliphatic rings. The van der Waals surface area contributed by atoms with Crippen LogP contribution >= 0.6 is 15.9 Å². The molecule has 0 bridgehead atoms. The number of halogens is 8. The Morgan fingerprint density at radius 1 is 1.35 bits per heavy atom. The summed E-state index contributed by atoms with van der Waals surface area (Å²) in [6.07, 6.45) is -9.70. The number of carboxylic acid groups (broad SMARTS) is 1. The number of alkyl halides is 6. The van der Waals surface area contributed by atoms with Crippen molar-refractivity contribution in [2.24, 2.45) is 15.1 Å². The van der Waals surface area contributed by atoms with Crippen LogP contribution in [0.15, 0.2) is 26.1 Å². The van der Waals surface area contributed by atoms with Gasteiger partial charge >= 0.3 is 18.3 Å². The number of guanidine groups is 1. The van der Waals surface area contributed by atoms with Crippen molar-refractivity contribution in [1.82, 2.24) is 9.29 Å². The summed E-state index contributed by atoms with van der Waals surface area (Å²) in [6, 6.07) is 2.48. The molecule has 17 heteroatoms.